The predicted molar refractivity (Wildman–Crippen MR) is 102 cm³/mol. The minimum absolute atomic E-state index is 0.139. The number of nitrogens with one attached hydrogen (secondary N) is 1. The highest BCUT2D eigenvalue weighted by atomic mass is 16.2. The van der Waals surface area contributed by atoms with E-state index in [2.05, 4.69) is 36.0 Å². The SMILES string of the molecule is Cc1cc(C)n2nc(C(=O)NCCCn3c(C)nc4ccccc43)nc2n1. The highest BCUT2D eigenvalue weighted by molar-refractivity contribution is 5.90. The van der Waals surface area contributed by atoms with Crippen LogP contribution < -0.4 is 5.32 Å². The molecule has 0 saturated carbocycles. The average Bonchev–Trinajstić information content (AvgIpc) is 3.19. The van der Waals surface area contributed by atoms with E-state index < -0.39 is 0 Å². The Hall–Kier alpha value is -3.29. The molecule has 1 N–H and O–H groups in total. The molecule has 0 radical (unpaired) electrons. The van der Waals surface area contributed by atoms with Crippen molar-refractivity contribution in [3.8, 4) is 0 Å². The lowest BCUT2D eigenvalue weighted by Crippen LogP contribution is -2.26. The lowest BCUT2D eigenvalue weighted by atomic mass is 10.3. The molecule has 1 amide bonds. The van der Waals surface area contributed by atoms with E-state index in [1.54, 1.807) is 4.52 Å². The van der Waals surface area contributed by atoms with Crippen LogP contribution in [-0.2, 0) is 6.54 Å². The zero-order chi connectivity index (χ0) is 19.0. The molecule has 0 unspecified atom stereocenters. The number of carbonyl (C=O) groups excluding carboxylic acids is 1. The van der Waals surface area contributed by atoms with Gasteiger partial charge in [-0.15, -0.1) is 5.10 Å². The summed E-state index contributed by atoms with van der Waals surface area (Å²) in [6.07, 6.45) is 0.788. The number of carbonyl (C=O) groups is 1. The monoisotopic (exact) mass is 363 g/mol. The summed E-state index contributed by atoms with van der Waals surface area (Å²) in [6.45, 7) is 7.12. The van der Waals surface area contributed by atoms with Crippen LogP contribution in [0.3, 0.4) is 0 Å². The zero-order valence-corrected chi connectivity index (χ0v) is 15.6. The van der Waals surface area contributed by atoms with Gasteiger partial charge in [0.05, 0.1) is 11.0 Å². The van der Waals surface area contributed by atoms with Gasteiger partial charge < -0.3 is 9.88 Å². The Bertz CT molecular complexity index is 1140. The maximum absolute atomic E-state index is 12.4. The fraction of sp³-hybridized carbons (Fsp3) is 0.316. The Balaban J connectivity index is 1.40. The number of amides is 1. The first-order chi connectivity index (χ1) is 13.0. The number of hydrogen-bond donors (Lipinski definition) is 1. The molecule has 8 heteroatoms. The molecule has 0 aliphatic carbocycles. The van der Waals surface area contributed by atoms with Crippen molar-refractivity contribution in [3.63, 3.8) is 0 Å². The number of nitrogens with zero attached hydrogens (tertiary/aromatic N) is 6. The molecule has 0 bridgehead atoms. The molecule has 4 rings (SSSR count). The Morgan fingerprint density at radius 3 is 2.78 bits per heavy atom. The number of hydrogen-bond acceptors (Lipinski definition) is 5. The number of fused-ring (bicyclic) bond motifs is 2. The molecule has 27 heavy (non-hydrogen) atoms. The van der Waals surface area contributed by atoms with E-state index in [0.29, 0.717) is 12.3 Å². The van der Waals surface area contributed by atoms with E-state index >= 15 is 0 Å². The van der Waals surface area contributed by atoms with Gasteiger partial charge in [0, 0.05) is 24.5 Å². The van der Waals surface area contributed by atoms with Crippen LogP contribution in [0.2, 0.25) is 0 Å². The quantitative estimate of drug-likeness (QED) is 0.549. The van der Waals surface area contributed by atoms with Gasteiger partial charge in [-0.2, -0.15) is 4.98 Å². The Morgan fingerprint density at radius 1 is 1.11 bits per heavy atom. The maximum atomic E-state index is 12.4. The summed E-state index contributed by atoms with van der Waals surface area (Å²) in [4.78, 5) is 25.5. The van der Waals surface area contributed by atoms with Crippen LogP contribution >= 0.6 is 0 Å². The van der Waals surface area contributed by atoms with Crippen LogP contribution in [0.25, 0.3) is 16.8 Å². The molecule has 0 saturated heterocycles. The van der Waals surface area contributed by atoms with Gasteiger partial charge in [-0.25, -0.2) is 14.5 Å². The second-order valence-corrected chi connectivity index (χ2v) is 6.59. The minimum atomic E-state index is -0.287. The molecular formula is C19H21N7O. The van der Waals surface area contributed by atoms with E-state index in [1.165, 1.54) is 0 Å². The second-order valence-electron chi connectivity index (χ2n) is 6.59. The van der Waals surface area contributed by atoms with Crippen LogP contribution in [0.15, 0.2) is 30.3 Å². The summed E-state index contributed by atoms with van der Waals surface area (Å²) in [6, 6.07) is 9.97. The van der Waals surface area contributed by atoms with Crippen molar-refractivity contribution in [1.82, 2.24) is 34.4 Å². The average molecular weight is 363 g/mol. The van der Waals surface area contributed by atoms with Crippen molar-refractivity contribution in [3.05, 3.63) is 53.4 Å². The molecule has 1 aromatic carbocycles. The Labute approximate surface area is 156 Å². The lowest BCUT2D eigenvalue weighted by Gasteiger charge is -2.07. The standard InChI is InChI=1S/C19H21N7O/c1-12-11-13(2)26-19(21-12)23-17(24-26)18(27)20-9-6-10-25-14(3)22-15-7-4-5-8-16(15)25/h4-5,7-8,11H,6,9-10H2,1-3H3,(H,20,27). The molecule has 8 nitrogen and oxygen atoms in total. The van der Waals surface area contributed by atoms with Gasteiger partial charge >= 0.3 is 0 Å². The van der Waals surface area contributed by atoms with Gasteiger partial charge in [-0.1, -0.05) is 12.1 Å². The van der Waals surface area contributed by atoms with Crippen molar-refractivity contribution in [2.24, 2.45) is 0 Å². The normalized spacial score (nSPS) is 11.4. The highest BCUT2D eigenvalue weighted by Crippen LogP contribution is 2.15. The summed E-state index contributed by atoms with van der Waals surface area (Å²) in [5.41, 5.74) is 3.85. The fourth-order valence-corrected chi connectivity index (χ4v) is 3.26. The van der Waals surface area contributed by atoms with E-state index in [9.17, 15) is 4.79 Å². The number of rotatable bonds is 5. The largest absolute Gasteiger partial charge is 0.349 e. The summed E-state index contributed by atoms with van der Waals surface area (Å²) in [5.74, 6) is 1.27. The molecule has 4 aromatic rings. The van der Waals surface area contributed by atoms with Gasteiger partial charge in [-0.05, 0) is 45.4 Å². The molecule has 0 aliphatic rings. The van der Waals surface area contributed by atoms with Crippen LogP contribution in [-0.4, -0.2) is 41.6 Å². The number of para-hydroxylation sites is 2. The molecule has 0 aliphatic heterocycles. The molecule has 0 atom stereocenters. The zero-order valence-electron chi connectivity index (χ0n) is 15.6. The molecular weight excluding hydrogens is 342 g/mol. The van der Waals surface area contributed by atoms with Crippen LogP contribution in [0.4, 0.5) is 0 Å². The Kier molecular flexibility index (Phi) is 4.31. The number of aryl methyl sites for hydroxylation is 4. The molecule has 0 spiro atoms. The first kappa shape index (κ1) is 17.1. The third-order valence-corrected chi connectivity index (χ3v) is 4.51. The molecule has 138 valence electrons. The third kappa shape index (κ3) is 3.25. The summed E-state index contributed by atoms with van der Waals surface area (Å²) < 4.78 is 3.75. The minimum Gasteiger partial charge on any atom is -0.349 e. The summed E-state index contributed by atoms with van der Waals surface area (Å²) in [5, 5.41) is 7.14. The van der Waals surface area contributed by atoms with Crippen molar-refractivity contribution >= 4 is 22.7 Å². The van der Waals surface area contributed by atoms with E-state index in [1.807, 2.05) is 45.0 Å². The fourth-order valence-electron chi connectivity index (χ4n) is 3.26. The smallest absolute Gasteiger partial charge is 0.291 e. The topological polar surface area (TPSA) is 90.0 Å². The molecule has 3 aromatic heterocycles. The first-order valence-electron chi connectivity index (χ1n) is 8.94. The van der Waals surface area contributed by atoms with Crippen molar-refractivity contribution in [2.75, 3.05) is 6.54 Å². The summed E-state index contributed by atoms with van der Waals surface area (Å²) >= 11 is 0. The van der Waals surface area contributed by atoms with Gasteiger partial charge in [0.15, 0.2) is 0 Å². The van der Waals surface area contributed by atoms with Crippen molar-refractivity contribution < 1.29 is 4.79 Å². The third-order valence-electron chi connectivity index (χ3n) is 4.51. The molecule has 3 heterocycles. The number of imidazole rings is 1. The van der Waals surface area contributed by atoms with Gasteiger partial charge in [0.1, 0.15) is 5.82 Å². The molecule has 0 fully saturated rings. The van der Waals surface area contributed by atoms with Gasteiger partial charge in [-0.3, -0.25) is 4.79 Å². The van der Waals surface area contributed by atoms with E-state index in [4.69, 9.17) is 0 Å². The van der Waals surface area contributed by atoms with Crippen LogP contribution in [0, 0.1) is 20.8 Å². The van der Waals surface area contributed by atoms with Crippen molar-refractivity contribution in [1.29, 1.82) is 0 Å². The summed E-state index contributed by atoms with van der Waals surface area (Å²) in [7, 11) is 0. The predicted octanol–water partition coefficient (Wildman–Crippen LogP) is 2.22. The van der Waals surface area contributed by atoms with Crippen molar-refractivity contribution in [2.45, 2.75) is 33.7 Å². The maximum Gasteiger partial charge on any atom is 0.291 e. The first-order valence-corrected chi connectivity index (χ1v) is 8.94. The van der Waals surface area contributed by atoms with Crippen LogP contribution in [0.5, 0.6) is 0 Å². The van der Waals surface area contributed by atoms with Gasteiger partial charge in [0.25, 0.3) is 11.7 Å². The van der Waals surface area contributed by atoms with E-state index in [0.717, 1.165) is 41.2 Å². The van der Waals surface area contributed by atoms with E-state index in [-0.39, 0.29) is 11.7 Å². The number of aromatic nitrogens is 6. The lowest BCUT2D eigenvalue weighted by molar-refractivity contribution is 0.0942. The number of benzene rings is 1. The Morgan fingerprint density at radius 2 is 1.93 bits per heavy atom. The highest BCUT2D eigenvalue weighted by Gasteiger charge is 2.14. The second kappa shape index (κ2) is 6.79. The van der Waals surface area contributed by atoms with Crippen LogP contribution in [0.1, 0.15) is 34.3 Å². The van der Waals surface area contributed by atoms with Gasteiger partial charge in [0.2, 0.25) is 5.82 Å².